The maximum Gasteiger partial charge on any atom is 0.326 e. The molecule has 8 heteroatoms. The third kappa shape index (κ3) is 3.34. The fourth-order valence-electron chi connectivity index (χ4n) is 2.10. The first-order chi connectivity index (χ1) is 10.9. The number of aryl methyl sites for hydroxylation is 1. The molecule has 0 aliphatic carbocycles. The molecule has 1 unspecified atom stereocenters. The lowest BCUT2D eigenvalue weighted by Gasteiger charge is -2.12. The number of aliphatic carboxylic acids is 1. The quantitative estimate of drug-likeness (QED) is 0.872. The second-order valence-electron chi connectivity index (χ2n) is 4.83. The number of hydrogen-bond donors (Lipinski definition) is 2. The average molecular weight is 341 g/mol. The van der Waals surface area contributed by atoms with Gasteiger partial charge in [0.15, 0.2) is 0 Å². The van der Waals surface area contributed by atoms with E-state index < -0.39 is 23.7 Å². The van der Waals surface area contributed by atoms with Crippen LogP contribution in [-0.2, 0) is 4.79 Å². The molecule has 0 radical (unpaired) electrons. The Kier molecular flexibility index (Phi) is 5.00. The summed E-state index contributed by atoms with van der Waals surface area (Å²) >= 11 is 5.99. The number of benzene rings is 1. The van der Waals surface area contributed by atoms with Crippen LogP contribution in [0, 0.1) is 12.7 Å². The zero-order chi connectivity index (χ0) is 17.1. The van der Waals surface area contributed by atoms with Crippen LogP contribution in [0.5, 0.6) is 0 Å². The molecule has 1 atom stereocenters. The molecule has 1 aromatic carbocycles. The molecule has 1 heterocycles. The molecule has 0 bridgehead atoms. The van der Waals surface area contributed by atoms with Crippen molar-refractivity contribution in [2.24, 2.45) is 0 Å². The number of halogens is 2. The van der Waals surface area contributed by atoms with Crippen LogP contribution >= 0.6 is 11.6 Å². The van der Waals surface area contributed by atoms with Crippen molar-refractivity contribution in [3.63, 3.8) is 0 Å². The van der Waals surface area contributed by atoms with Crippen LogP contribution in [0.1, 0.15) is 29.5 Å². The number of carboxylic acids is 1. The van der Waals surface area contributed by atoms with Gasteiger partial charge in [0.25, 0.3) is 5.91 Å². The molecule has 2 rings (SSSR count). The third-order valence-electron chi connectivity index (χ3n) is 3.30. The van der Waals surface area contributed by atoms with E-state index in [4.69, 9.17) is 21.2 Å². The maximum atomic E-state index is 14.1. The van der Waals surface area contributed by atoms with Crippen LogP contribution in [0.15, 0.2) is 22.7 Å². The highest BCUT2D eigenvalue weighted by Gasteiger charge is 2.28. The van der Waals surface area contributed by atoms with E-state index in [1.165, 1.54) is 25.1 Å². The summed E-state index contributed by atoms with van der Waals surface area (Å²) < 4.78 is 19.0. The van der Waals surface area contributed by atoms with Crippen molar-refractivity contribution < 1.29 is 23.6 Å². The number of nitrogens with one attached hydrogen (secondary N) is 1. The van der Waals surface area contributed by atoms with Gasteiger partial charge >= 0.3 is 5.97 Å². The van der Waals surface area contributed by atoms with E-state index in [1.807, 2.05) is 0 Å². The Labute approximate surface area is 136 Å². The summed E-state index contributed by atoms with van der Waals surface area (Å²) in [6.07, 6.45) is 0.196. The van der Waals surface area contributed by atoms with Crippen molar-refractivity contribution in [2.75, 3.05) is 0 Å². The molecule has 2 N–H and O–H groups in total. The molecule has 0 spiro atoms. The standard InChI is InChI=1S/C15H14ClFN2O4/c1-3-10(15(21)22)18-14(20)11-7(2)23-19-13(11)12-8(16)5-4-6-9(12)17/h4-6,10H,3H2,1-2H3,(H,18,20)(H,21,22). The Morgan fingerprint density at radius 2 is 2.17 bits per heavy atom. The summed E-state index contributed by atoms with van der Waals surface area (Å²) in [5.74, 6) is -2.41. The smallest absolute Gasteiger partial charge is 0.326 e. The Morgan fingerprint density at radius 3 is 2.74 bits per heavy atom. The van der Waals surface area contributed by atoms with Gasteiger partial charge in [-0.15, -0.1) is 0 Å². The first-order valence-corrected chi connectivity index (χ1v) is 7.18. The van der Waals surface area contributed by atoms with Crippen molar-refractivity contribution in [3.8, 4) is 11.3 Å². The number of hydrogen-bond acceptors (Lipinski definition) is 4. The Morgan fingerprint density at radius 1 is 1.48 bits per heavy atom. The number of aromatic nitrogens is 1. The molecule has 6 nitrogen and oxygen atoms in total. The zero-order valence-corrected chi connectivity index (χ0v) is 13.1. The Balaban J connectivity index is 2.47. The van der Waals surface area contributed by atoms with Gasteiger partial charge in [-0.05, 0) is 25.5 Å². The summed E-state index contributed by atoms with van der Waals surface area (Å²) in [4.78, 5) is 23.4. The number of carboxylic acid groups (broad SMARTS) is 1. The number of carbonyl (C=O) groups is 2. The van der Waals surface area contributed by atoms with E-state index in [-0.39, 0.29) is 34.0 Å². The van der Waals surface area contributed by atoms with Crippen LogP contribution in [0.4, 0.5) is 4.39 Å². The Hall–Kier alpha value is -2.41. The first kappa shape index (κ1) is 17.0. The van der Waals surface area contributed by atoms with Gasteiger partial charge in [0, 0.05) is 0 Å². The third-order valence-corrected chi connectivity index (χ3v) is 3.62. The highest BCUT2D eigenvalue weighted by Crippen LogP contribution is 2.33. The van der Waals surface area contributed by atoms with E-state index in [2.05, 4.69) is 10.5 Å². The predicted octanol–water partition coefficient (Wildman–Crippen LogP) is 3.04. The minimum Gasteiger partial charge on any atom is -0.480 e. The van der Waals surface area contributed by atoms with Gasteiger partial charge in [0.2, 0.25) is 0 Å². The lowest BCUT2D eigenvalue weighted by atomic mass is 10.0. The fraction of sp³-hybridized carbons (Fsp3) is 0.267. The molecule has 0 fully saturated rings. The molecular formula is C15H14ClFN2O4. The molecule has 0 aliphatic rings. The van der Waals surface area contributed by atoms with Crippen LogP contribution in [0.3, 0.4) is 0 Å². The first-order valence-electron chi connectivity index (χ1n) is 6.81. The van der Waals surface area contributed by atoms with Gasteiger partial charge in [-0.25, -0.2) is 9.18 Å². The van der Waals surface area contributed by atoms with Crippen LogP contribution in [0.2, 0.25) is 5.02 Å². The molecule has 122 valence electrons. The summed E-state index contributed by atoms with van der Waals surface area (Å²) in [5, 5.41) is 15.1. The second-order valence-corrected chi connectivity index (χ2v) is 5.24. The normalized spacial score (nSPS) is 12.0. The van der Waals surface area contributed by atoms with Crippen molar-refractivity contribution in [3.05, 3.63) is 40.4 Å². The molecule has 0 saturated carbocycles. The lowest BCUT2D eigenvalue weighted by Crippen LogP contribution is -2.40. The second kappa shape index (κ2) is 6.78. The van der Waals surface area contributed by atoms with Gasteiger partial charge in [-0.1, -0.05) is 29.7 Å². The van der Waals surface area contributed by atoms with Crippen LogP contribution < -0.4 is 5.32 Å². The highest BCUT2D eigenvalue weighted by atomic mass is 35.5. The highest BCUT2D eigenvalue weighted by molar-refractivity contribution is 6.33. The zero-order valence-electron chi connectivity index (χ0n) is 12.4. The van der Waals surface area contributed by atoms with Gasteiger partial charge in [0.05, 0.1) is 10.6 Å². The largest absolute Gasteiger partial charge is 0.480 e. The van der Waals surface area contributed by atoms with Crippen molar-refractivity contribution >= 4 is 23.5 Å². The maximum absolute atomic E-state index is 14.1. The van der Waals surface area contributed by atoms with Gasteiger partial charge in [-0.2, -0.15) is 0 Å². The van der Waals surface area contributed by atoms with Crippen LogP contribution in [0.25, 0.3) is 11.3 Å². The monoisotopic (exact) mass is 340 g/mol. The van der Waals surface area contributed by atoms with Crippen molar-refractivity contribution in [1.29, 1.82) is 0 Å². The summed E-state index contributed by atoms with van der Waals surface area (Å²) in [6.45, 7) is 3.09. The molecule has 1 aromatic heterocycles. The predicted molar refractivity (Wildman–Crippen MR) is 80.8 cm³/mol. The number of nitrogens with zero attached hydrogens (tertiary/aromatic N) is 1. The van der Waals surface area contributed by atoms with Crippen LogP contribution in [-0.4, -0.2) is 28.2 Å². The van der Waals surface area contributed by atoms with E-state index in [0.717, 1.165) is 0 Å². The van der Waals surface area contributed by atoms with Gasteiger partial charge < -0.3 is 14.9 Å². The van der Waals surface area contributed by atoms with Gasteiger partial charge in [-0.3, -0.25) is 4.79 Å². The number of rotatable bonds is 5. The van der Waals surface area contributed by atoms with E-state index in [1.54, 1.807) is 6.92 Å². The molecule has 23 heavy (non-hydrogen) atoms. The average Bonchev–Trinajstić information content (AvgIpc) is 2.85. The Bertz CT molecular complexity index is 740. The van der Waals surface area contributed by atoms with E-state index in [9.17, 15) is 14.0 Å². The number of amides is 1. The topological polar surface area (TPSA) is 92.4 Å². The van der Waals surface area contributed by atoms with Crippen molar-refractivity contribution in [1.82, 2.24) is 10.5 Å². The minimum atomic E-state index is -1.17. The molecule has 0 saturated heterocycles. The SMILES string of the molecule is CCC(NC(=O)c1c(-c2c(F)cccc2Cl)noc1C)C(=O)O. The van der Waals surface area contributed by atoms with E-state index >= 15 is 0 Å². The minimum absolute atomic E-state index is 0.0447. The lowest BCUT2D eigenvalue weighted by molar-refractivity contribution is -0.139. The summed E-state index contributed by atoms with van der Waals surface area (Å²) in [7, 11) is 0. The fourth-order valence-corrected chi connectivity index (χ4v) is 2.36. The molecule has 2 aromatic rings. The van der Waals surface area contributed by atoms with Crippen molar-refractivity contribution in [2.45, 2.75) is 26.3 Å². The summed E-state index contributed by atoms with van der Waals surface area (Å²) in [6, 6.07) is 2.99. The molecule has 0 aliphatic heterocycles. The molecular weight excluding hydrogens is 327 g/mol. The summed E-state index contributed by atoms with van der Waals surface area (Å²) in [5.41, 5.74) is -0.181. The van der Waals surface area contributed by atoms with Gasteiger partial charge in [0.1, 0.15) is 28.9 Å². The molecule has 1 amide bonds. The number of carbonyl (C=O) groups excluding carboxylic acids is 1. The van der Waals surface area contributed by atoms with E-state index in [0.29, 0.717) is 0 Å².